The maximum Gasteiger partial charge on any atom is 0.453 e. The molecule has 1 aliphatic rings. The number of methoxy groups -OCH3 is 1. The van der Waals surface area contributed by atoms with Gasteiger partial charge in [0, 0.05) is 35.7 Å². The van der Waals surface area contributed by atoms with Gasteiger partial charge < -0.3 is 9.64 Å². The minimum atomic E-state index is -4.65. The van der Waals surface area contributed by atoms with Gasteiger partial charge in [-0.25, -0.2) is 0 Å². The highest BCUT2D eigenvalue weighted by molar-refractivity contribution is 5.98. The first-order chi connectivity index (χ1) is 14.7. The molecule has 1 saturated heterocycles. The summed E-state index contributed by atoms with van der Waals surface area (Å²) in [6, 6.07) is 7.01. The molecule has 0 radical (unpaired) electrons. The number of ketones is 1. The number of benzene rings is 1. The topological polar surface area (TPSA) is 72.6 Å². The highest BCUT2D eigenvalue weighted by atomic mass is 19.4. The largest absolute Gasteiger partial charge is 0.497 e. The smallest absolute Gasteiger partial charge is 0.453 e. The average Bonchev–Trinajstić information content (AvgIpc) is 3.21. The third-order valence-corrected chi connectivity index (χ3v) is 5.86. The number of hydrogen-bond acceptors (Lipinski definition) is 6. The van der Waals surface area contributed by atoms with Crippen LogP contribution in [-0.2, 0) is 6.18 Å². The molecule has 4 rings (SSSR count). The number of aromatic nitrogens is 4. The molecule has 2 aromatic heterocycles. The molecule has 1 aliphatic heterocycles. The molecule has 0 spiro atoms. The SMILES string of the molecule is COc1ccc(C(=O)C2CCN(c3nn4c(C(F)(F)F)nnc4c(C)c3C)CC2)cc1. The lowest BCUT2D eigenvalue weighted by Crippen LogP contribution is -2.37. The molecule has 7 nitrogen and oxygen atoms in total. The molecule has 3 heterocycles. The van der Waals surface area contributed by atoms with Crippen LogP contribution in [0.4, 0.5) is 19.0 Å². The molecule has 0 saturated carbocycles. The molecule has 31 heavy (non-hydrogen) atoms. The molecular formula is C21H22F3N5O2. The first-order valence-corrected chi connectivity index (χ1v) is 9.93. The van der Waals surface area contributed by atoms with Crippen molar-refractivity contribution in [1.82, 2.24) is 19.8 Å². The molecule has 0 atom stereocenters. The van der Waals surface area contributed by atoms with E-state index >= 15 is 0 Å². The molecule has 1 fully saturated rings. The van der Waals surface area contributed by atoms with E-state index in [0.717, 1.165) is 10.1 Å². The molecule has 0 N–H and O–H groups in total. The number of halogens is 3. The molecule has 0 unspecified atom stereocenters. The van der Waals surface area contributed by atoms with Gasteiger partial charge in [0.25, 0.3) is 5.82 Å². The van der Waals surface area contributed by atoms with Gasteiger partial charge in [-0.15, -0.1) is 15.3 Å². The van der Waals surface area contributed by atoms with Crippen molar-refractivity contribution in [1.29, 1.82) is 0 Å². The number of alkyl halides is 3. The summed E-state index contributed by atoms with van der Waals surface area (Å²) in [6.45, 7) is 4.57. The van der Waals surface area contributed by atoms with E-state index in [9.17, 15) is 18.0 Å². The number of Topliss-reactive ketones (excluding diaryl/α,β-unsaturated/α-hetero) is 1. The second-order valence-electron chi connectivity index (χ2n) is 7.68. The normalized spacial score (nSPS) is 15.5. The van der Waals surface area contributed by atoms with Crippen LogP contribution in [0, 0.1) is 19.8 Å². The highest BCUT2D eigenvalue weighted by Crippen LogP contribution is 2.32. The van der Waals surface area contributed by atoms with Crippen molar-refractivity contribution in [2.75, 3.05) is 25.1 Å². The summed E-state index contributed by atoms with van der Waals surface area (Å²) in [5.41, 5.74) is 2.08. The summed E-state index contributed by atoms with van der Waals surface area (Å²) < 4.78 is 45.7. The second-order valence-corrected chi connectivity index (χ2v) is 7.68. The summed E-state index contributed by atoms with van der Waals surface area (Å²) in [5, 5.41) is 11.2. The van der Waals surface area contributed by atoms with Crippen molar-refractivity contribution in [2.45, 2.75) is 32.9 Å². The van der Waals surface area contributed by atoms with E-state index in [1.807, 2.05) is 11.8 Å². The highest BCUT2D eigenvalue weighted by Gasteiger charge is 2.38. The molecular weight excluding hydrogens is 411 g/mol. The lowest BCUT2D eigenvalue weighted by Gasteiger charge is -2.33. The summed E-state index contributed by atoms with van der Waals surface area (Å²) in [5.74, 6) is -0.0693. The molecule has 0 amide bonds. The predicted molar refractivity (Wildman–Crippen MR) is 108 cm³/mol. The van der Waals surface area contributed by atoms with Crippen LogP contribution in [0.25, 0.3) is 5.65 Å². The Morgan fingerprint density at radius 1 is 1.06 bits per heavy atom. The Kier molecular flexibility index (Phi) is 5.32. The van der Waals surface area contributed by atoms with Crippen molar-refractivity contribution in [3.05, 3.63) is 46.8 Å². The van der Waals surface area contributed by atoms with E-state index in [1.54, 1.807) is 38.3 Å². The van der Waals surface area contributed by atoms with Crippen molar-refractivity contribution in [3.63, 3.8) is 0 Å². The van der Waals surface area contributed by atoms with Crippen molar-refractivity contribution in [3.8, 4) is 5.75 Å². The van der Waals surface area contributed by atoms with Crippen LogP contribution in [0.3, 0.4) is 0 Å². The molecule has 0 bridgehead atoms. The molecule has 1 aromatic carbocycles. The van der Waals surface area contributed by atoms with Gasteiger partial charge in [-0.05, 0) is 51.0 Å². The number of aryl methyl sites for hydroxylation is 1. The van der Waals surface area contributed by atoms with Crippen molar-refractivity contribution >= 4 is 17.2 Å². The summed E-state index contributed by atoms with van der Waals surface area (Å²) in [7, 11) is 1.57. The fourth-order valence-electron chi connectivity index (χ4n) is 3.94. The monoisotopic (exact) mass is 433 g/mol. The fourth-order valence-corrected chi connectivity index (χ4v) is 3.94. The van der Waals surface area contributed by atoms with E-state index < -0.39 is 12.0 Å². The van der Waals surface area contributed by atoms with Crippen LogP contribution in [0.1, 0.15) is 40.2 Å². The first kappa shape index (κ1) is 21.1. The molecule has 164 valence electrons. The minimum absolute atomic E-state index is 0.0665. The Balaban J connectivity index is 1.55. The van der Waals surface area contributed by atoms with Gasteiger partial charge in [0.05, 0.1) is 7.11 Å². The Morgan fingerprint density at radius 2 is 1.71 bits per heavy atom. The van der Waals surface area contributed by atoms with E-state index in [-0.39, 0.29) is 17.3 Å². The van der Waals surface area contributed by atoms with Crippen LogP contribution in [-0.4, -0.2) is 45.8 Å². The molecule has 0 aliphatic carbocycles. The van der Waals surface area contributed by atoms with Crippen LogP contribution >= 0.6 is 0 Å². The standard InChI is InChI=1S/C21H22F3N5O2/c1-12-13(2)19(27-29-18(12)25-26-20(29)21(22,23)24)28-10-8-15(9-11-28)17(30)14-4-6-16(31-3)7-5-14/h4-7,15H,8-11H2,1-3H3. The zero-order valence-corrected chi connectivity index (χ0v) is 17.4. The van der Waals surface area contributed by atoms with Crippen LogP contribution in [0.5, 0.6) is 5.75 Å². The Bertz CT molecular complexity index is 1120. The minimum Gasteiger partial charge on any atom is -0.497 e. The number of carbonyl (C=O) groups excluding carboxylic acids is 1. The van der Waals surface area contributed by atoms with Gasteiger partial charge in [0.2, 0.25) is 0 Å². The van der Waals surface area contributed by atoms with Crippen LogP contribution in [0.2, 0.25) is 0 Å². The first-order valence-electron chi connectivity index (χ1n) is 9.93. The average molecular weight is 433 g/mol. The molecule has 10 heteroatoms. The number of ether oxygens (including phenoxy) is 1. The summed E-state index contributed by atoms with van der Waals surface area (Å²) in [6.07, 6.45) is -3.46. The maximum atomic E-state index is 13.3. The van der Waals surface area contributed by atoms with Gasteiger partial charge in [0.1, 0.15) is 5.75 Å². The fraction of sp³-hybridized carbons (Fsp3) is 0.429. The van der Waals surface area contributed by atoms with Gasteiger partial charge in [-0.1, -0.05) is 0 Å². The summed E-state index contributed by atoms with van der Waals surface area (Å²) in [4.78, 5) is 14.8. The number of carbonyl (C=O) groups is 1. The van der Waals surface area contributed by atoms with Crippen molar-refractivity contribution in [2.24, 2.45) is 5.92 Å². The van der Waals surface area contributed by atoms with Crippen LogP contribution in [0.15, 0.2) is 24.3 Å². The zero-order valence-electron chi connectivity index (χ0n) is 17.4. The van der Waals surface area contributed by atoms with E-state index in [2.05, 4.69) is 15.3 Å². The number of nitrogens with zero attached hydrogens (tertiary/aromatic N) is 5. The zero-order chi connectivity index (χ0) is 22.3. The molecule has 3 aromatic rings. The third-order valence-electron chi connectivity index (χ3n) is 5.86. The van der Waals surface area contributed by atoms with Gasteiger partial charge in [0.15, 0.2) is 17.2 Å². The number of hydrogen-bond donors (Lipinski definition) is 0. The summed E-state index contributed by atoms with van der Waals surface area (Å²) >= 11 is 0. The van der Waals surface area contributed by atoms with Gasteiger partial charge >= 0.3 is 6.18 Å². The lowest BCUT2D eigenvalue weighted by molar-refractivity contribution is -0.146. The maximum absolute atomic E-state index is 13.3. The van der Waals surface area contributed by atoms with E-state index in [0.29, 0.717) is 48.6 Å². The van der Waals surface area contributed by atoms with Gasteiger partial charge in [-0.2, -0.15) is 17.7 Å². The number of fused-ring (bicyclic) bond motifs is 1. The second kappa shape index (κ2) is 7.82. The Labute approximate surface area is 176 Å². The van der Waals surface area contributed by atoms with E-state index in [1.165, 1.54) is 0 Å². The Hall–Kier alpha value is -3.17. The third kappa shape index (κ3) is 3.82. The van der Waals surface area contributed by atoms with Crippen molar-refractivity contribution < 1.29 is 22.7 Å². The lowest BCUT2D eigenvalue weighted by atomic mass is 9.88. The number of rotatable bonds is 4. The van der Waals surface area contributed by atoms with Crippen LogP contribution < -0.4 is 9.64 Å². The Morgan fingerprint density at radius 3 is 2.29 bits per heavy atom. The van der Waals surface area contributed by atoms with E-state index in [4.69, 9.17) is 4.74 Å². The number of anilines is 1. The number of piperidine rings is 1. The van der Waals surface area contributed by atoms with Gasteiger partial charge in [-0.3, -0.25) is 4.79 Å². The predicted octanol–water partition coefficient (Wildman–Crippen LogP) is 3.87. The quantitative estimate of drug-likeness (QED) is 0.582.